The van der Waals surface area contributed by atoms with Crippen molar-refractivity contribution in [3.05, 3.63) is 29.8 Å². The summed E-state index contributed by atoms with van der Waals surface area (Å²) in [7, 11) is 0. The lowest BCUT2D eigenvalue weighted by atomic mass is 10.2. The SMILES string of the molecule is OC[C@H]1CCCN1Cc1ccc(OCC(F)(F)F)cc1. The van der Waals surface area contributed by atoms with Gasteiger partial charge in [-0.1, -0.05) is 12.1 Å². The first-order valence-electron chi connectivity index (χ1n) is 6.61. The molecule has 0 bridgehead atoms. The summed E-state index contributed by atoms with van der Waals surface area (Å²) in [5.74, 6) is 0.214. The zero-order valence-corrected chi connectivity index (χ0v) is 11.1. The minimum Gasteiger partial charge on any atom is -0.484 e. The molecule has 0 unspecified atom stereocenters. The summed E-state index contributed by atoms with van der Waals surface area (Å²) in [5, 5.41) is 9.24. The third-order valence-electron chi connectivity index (χ3n) is 3.42. The molecular weight excluding hydrogens is 271 g/mol. The second-order valence-corrected chi connectivity index (χ2v) is 5.00. The van der Waals surface area contributed by atoms with E-state index in [1.165, 1.54) is 0 Å². The molecule has 0 saturated carbocycles. The summed E-state index contributed by atoms with van der Waals surface area (Å²) in [6, 6.07) is 6.81. The summed E-state index contributed by atoms with van der Waals surface area (Å²) < 4.78 is 40.7. The Labute approximate surface area is 116 Å². The van der Waals surface area contributed by atoms with Gasteiger partial charge in [0.05, 0.1) is 6.61 Å². The van der Waals surface area contributed by atoms with Gasteiger partial charge in [0.15, 0.2) is 6.61 Å². The summed E-state index contributed by atoms with van der Waals surface area (Å²) in [5.41, 5.74) is 1.00. The van der Waals surface area contributed by atoms with Gasteiger partial charge in [-0.3, -0.25) is 4.90 Å². The van der Waals surface area contributed by atoms with Gasteiger partial charge in [-0.25, -0.2) is 0 Å². The highest BCUT2D eigenvalue weighted by molar-refractivity contribution is 5.27. The van der Waals surface area contributed by atoms with E-state index in [1.807, 2.05) is 0 Å². The van der Waals surface area contributed by atoms with E-state index in [0.29, 0.717) is 6.54 Å². The molecule has 1 heterocycles. The number of hydrogen-bond acceptors (Lipinski definition) is 3. The van der Waals surface area contributed by atoms with Crippen LogP contribution in [0.1, 0.15) is 18.4 Å². The third kappa shape index (κ3) is 4.38. The van der Waals surface area contributed by atoms with Crippen LogP contribution >= 0.6 is 0 Å². The number of ether oxygens (including phenoxy) is 1. The maximum absolute atomic E-state index is 12.0. The van der Waals surface area contributed by atoms with Crippen molar-refractivity contribution in [2.75, 3.05) is 19.8 Å². The molecule has 1 saturated heterocycles. The fourth-order valence-corrected chi connectivity index (χ4v) is 2.40. The van der Waals surface area contributed by atoms with Gasteiger partial charge in [-0.05, 0) is 37.1 Å². The van der Waals surface area contributed by atoms with Crippen LogP contribution in [0.15, 0.2) is 24.3 Å². The molecular formula is C14H18F3NO2. The first-order valence-corrected chi connectivity index (χ1v) is 6.61. The Kier molecular flexibility index (Phi) is 4.88. The van der Waals surface area contributed by atoms with Crippen molar-refractivity contribution in [3.63, 3.8) is 0 Å². The number of benzene rings is 1. The van der Waals surface area contributed by atoms with Crippen LogP contribution in [-0.4, -0.2) is 42.0 Å². The first kappa shape index (κ1) is 15.1. The number of aliphatic hydroxyl groups excluding tert-OH is 1. The van der Waals surface area contributed by atoms with Crippen molar-refractivity contribution in [2.45, 2.75) is 31.6 Å². The van der Waals surface area contributed by atoms with Crippen molar-refractivity contribution >= 4 is 0 Å². The number of hydrogen-bond donors (Lipinski definition) is 1. The second-order valence-electron chi connectivity index (χ2n) is 5.00. The monoisotopic (exact) mass is 289 g/mol. The van der Waals surface area contributed by atoms with Crippen molar-refractivity contribution in [1.29, 1.82) is 0 Å². The molecule has 6 heteroatoms. The normalized spacial score (nSPS) is 20.3. The zero-order chi connectivity index (χ0) is 14.6. The van der Waals surface area contributed by atoms with Crippen LogP contribution in [0, 0.1) is 0 Å². The van der Waals surface area contributed by atoms with Gasteiger partial charge in [0, 0.05) is 12.6 Å². The molecule has 1 fully saturated rings. The highest BCUT2D eigenvalue weighted by atomic mass is 19.4. The van der Waals surface area contributed by atoms with Crippen LogP contribution in [0.4, 0.5) is 13.2 Å². The smallest absolute Gasteiger partial charge is 0.422 e. The average molecular weight is 289 g/mol. The van der Waals surface area contributed by atoms with Crippen molar-refractivity contribution in [3.8, 4) is 5.75 Å². The molecule has 0 spiro atoms. The van der Waals surface area contributed by atoms with Crippen LogP contribution in [0.2, 0.25) is 0 Å². The molecule has 112 valence electrons. The highest BCUT2D eigenvalue weighted by Gasteiger charge is 2.28. The van der Waals surface area contributed by atoms with E-state index in [9.17, 15) is 18.3 Å². The van der Waals surface area contributed by atoms with E-state index >= 15 is 0 Å². The minimum atomic E-state index is -4.32. The Hall–Kier alpha value is -1.27. The fraction of sp³-hybridized carbons (Fsp3) is 0.571. The van der Waals surface area contributed by atoms with E-state index in [0.717, 1.165) is 24.9 Å². The Morgan fingerprint density at radius 3 is 2.55 bits per heavy atom. The number of nitrogens with zero attached hydrogens (tertiary/aromatic N) is 1. The molecule has 1 aromatic carbocycles. The van der Waals surface area contributed by atoms with Crippen molar-refractivity contribution in [2.24, 2.45) is 0 Å². The number of rotatable bonds is 5. The molecule has 1 aliphatic rings. The molecule has 1 N–H and O–H groups in total. The molecule has 0 radical (unpaired) electrons. The van der Waals surface area contributed by atoms with Crippen molar-refractivity contribution < 1.29 is 23.0 Å². The fourth-order valence-electron chi connectivity index (χ4n) is 2.40. The highest BCUT2D eigenvalue weighted by Crippen LogP contribution is 2.22. The molecule has 1 aromatic rings. The van der Waals surface area contributed by atoms with Crippen LogP contribution in [0.5, 0.6) is 5.75 Å². The summed E-state index contributed by atoms with van der Waals surface area (Å²) in [6.07, 6.45) is -2.26. The van der Waals surface area contributed by atoms with Gasteiger partial charge < -0.3 is 9.84 Å². The topological polar surface area (TPSA) is 32.7 Å². The minimum absolute atomic E-state index is 0.146. The Morgan fingerprint density at radius 2 is 1.95 bits per heavy atom. The Morgan fingerprint density at radius 1 is 1.25 bits per heavy atom. The maximum atomic E-state index is 12.0. The van der Waals surface area contributed by atoms with Gasteiger partial charge >= 0.3 is 6.18 Å². The lowest BCUT2D eigenvalue weighted by molar-refractivity contribution is -0.153. The van der Waals surface area contributed by atoms with Gasteiger partial charge in [0.2, 0.25) is 0 Å². The maximum Gasteiger partial charge on any atom is 0.422 e. The van der Waals surface area contributed by atoms with Gasteiger partial charge in [0.1, 0.15) is 5.75 Å². The van der Waals surface area contributed by atoms with E-state index in [4.69, 9.17) is 0 Å². The zero-order valence-electron chi connectivity index (χ0n) is 11.1. The lowest BCUT2D eigenvalue weighted by Crippen LogP contribution is -2.31. The average Bonchev–Trinajstić information content (AvgIpc) is 2.84. The molecule has 0 amide bonds. The van der Waals surface area contributed by atoms with Crippen LogP contribution < -0.4 is 4.74 Å². The molecule has 1 atom stereocenters. The summed E-state index contributed by atoms with van der Waals surface area (Å²) in [4.78, 5) is 2.19. The van der Waals surface area contributed by atoms with Gasteiger partial charge in [-0.2, -0.15) is 13.2 Å². The third-order valence-corrected chi connectivity index (χ3v) is 3.42. The predicted molar refractivity (Wildman–Crippen MR) is 68.5 cm³/mol. The quantitative estimate of drug-likeness (QED) is 0.904. The van der Waals surface area contributed by atoms with Crippen molar-refractivity contribution in [1.82, 2.24) is 4.90 Å². The van der Waals surface area contributed by atoms with Gasteiger partial charge in [-0.15, -0.1) is 0 Å². The van der Waals surface area contributed by atoms with E-state index in [2.05, 4.69) is 9.64 Å². The molecule has 20 heavy (non-hydrogen) atoms. The molecule has 2 rings (SSSR count). The summed E-state index contributed by atoms with van der Waals surface area (Å²) >= 11 is 0. The Bertz CT molecular complexity index is 419. The first-order chi connectivity index (χ1) is 9.48. The summed E-state index contributed by atoms with van der Waals surface area (Å²) in [6.45, 7) is 0.514. The second kappa shape index (κ2) is 6.45. The van der Waals surface area contributed by atoms with Crippen LogP contribution in [0.3, 0.4) is 0 Å². The lowest BCUT2D eigenvalue weighted by Gasteiger charge is -2.22. The Balaban J connectivity index is 1.88. The number of likely N-dealkylation sites (tertiary alicyclic amines) is 1. The largest absolute Gasteiger partial charge is 0.484 e. The predicted octanol–water partition coefficient (Wildman–Crippen LogP) is 2.58. The number of halogens is 3. The molecule has 1 aliphatic heterocycles. The number of aliphatic hydroxyl groups is 1. The van der Waals surface area contributed by atoms with E-state index < -0.39 is 12.8 Å². The molecule has 0 aromatic heterocycles. The standard InChI is InChI=1S/C14H18F3NO2/c15-14(16,17)10-20-13-5-3-11(4-6-13)8-18-7-1-2-12(18)9-19/h3-6,12,19H,1-2,7-10H2/t12-/m1/s1. The van der Waals surface area contributed by atoms with Crippen LogP contribution in [0.25, 0.3) is 0 Å². The van der Waals surface area contributed by atoms with E-state index in [-0.39, 0.29) is 18.4 Å². The van der Waals surface area contributed by atoms with Gasteiger partial charge in [0.25, 0.3) is 0 Å². The molecule has 0 aliphatic carbocycles. The molecule has 3 nitrogen and oxygen atoms in total. The van der Waals surface area contributed by atoms with Crippen LogP contribution in [-0.2, 0) is 6.54 Å². The van der Waals surface area contributed by atoms with E-state index in [1.54, 1.807) is 24.3 Å². The number of alkyl halides is 3.